The molecule has 1 radical (unpaired) electrons. The van der Waals surface area contributed by atoms with Crippen LogP contribution in [-0.2, 0) is 32.7 Å². The van der Waals surface area contributed by atoms with Crippen LogP contribution in [0.25, 0.3) is 22.2 Å². The van der Waals surface area contributed by atoms with Crippen LogP contribution in [-0.4, -0.2) is 15.1 Å². The Kier molecular flexibility index (Phi) is 3.78. The molecule has 0 aliphatic carbocycles. The van der Waals surface area contributed by atoms with Gasteiger partial charge in [-0.1, -0.05) is 34.4 Å². The summed E-state index contributed by atoms with van der Waals surface area (Å²) in [6, 6.07) is 7.83. The van der Waals surface area contributed by atoms with Crippen molar-refractivity contribution in [3.8, 4) is 11.4 Å². The standard InChI is InChI=1S/C13H10N3O.Y/c1-8-10-4-3-5-12(11(10)6-7-14-8)13-15-9(2)17-16-13;/h3-7H,1H2,2H3;/q-1;. The Morgan fingerprint density at radius 1 is 1.17 bits per heavy atom. The van der Waals surface area contributed by atoms with Crippen molar-refractivity contribution < 1.29 is 37.2 Å². The molecule has 0 spiro atoms. The van der Waals surface area contributed by atoms with Gasteiger partial charge in [0.2, 0.25) is 11.7 Å². The fourth-order valence-electron chi connectivity index (χ4n) is 1.87. The summed E-state index contributed by atoms with van der Waals surface area (Å²) in [7, 11) is 0. The van der Waals surface area contributed by atoms with Crippen molar-refractivity contribution in [2.75, 3.05) is 0 Å². The molecule has 0 unspecified atom stereocenters. The van der Waals surface area contributed by atoms with Gasteiger partial charge in [0, 0.05) is 51.4 Å². The summed E-state index contributed by atoms with van der Waals surface area (Å²) in [5.74, 6) is 1.15. The Hall–Kier alpha value is -1.26. The molecule has 5 heteroatoms. The Balaban J connectivity index is 0.00000120. The Bertz CT molecular complexity index is 694. The van der Waals surface area contributed by atoms with E-state index in [2.05, 4.69) is 22.0 Å². The van der Waals surface area contributed by atoms with Crippen LogP contribution in [0.2, 0.25) is 0 Å². The molecular weight excluding hydrogens is 303 g/mol. The van der Waals surface area contributed by atoms with Gasteiger partial charge in [0.15, 0.2) is 0 Å². The Morgan fingerprint density at radius 2 is 2.00 bits per heavy atom. The number of hydrogen-bond donors (Lipinski definition) is 0. The van der Waals surface area contributed by atoms with Crippen LogP contribution in [0, 0.1) is 13.8 Å². The number of nitrogens with zero attached hydrogens (tertiary/aromatic N) is 3. The van der Waals surface area contributed by atoms with Crippen LogP contribution >= 0.6 is 0 Å². The van der Waals surface area contributed by atoms with E-state index in [0.29, 0.717) is 11.7 Å². The summed E-state index contributed by atoms with van der Waals surface area (Å²) < 4.78 is 5.01. The summed E-state index contributed by atoms with van der Waals surface area (Å²) in [4.78, 5) is 8.41. The minimum absolute atomic E-state index is 0. The van der Waals surface area contributed by atoms with Gasteiger partial charge in [0.1, 0.15) is 0 Å². The second-order valence-corrected chi connectivity index (χ2v) is 3.80. The molecule has 3 rings (SSSR count). The van der Waals surface area contributed by atoms with Gasteiger partial charge in [-0.3, -0.25) is 4.98 Å². The van der Waals surface area contributed by atoms with Crippen LogP contribution in [0.15, 0.2) is 35.0 Å². The van der Waals surface area contributed by atoms with Gasteiger partial charge in [-0.15, -0.1) is 11.5 Å². The average Bonchev–Trinajstić information content (AvgIpc) is 2.76. The number of aryl methyl sites for hydroxylation is 1. The number of aromatic nitrogens is 3. The van der Waals surface area contributed by atoms with Gasteiger partial charge < -0.3 is 4.52 Å². The first kappa shape index (κ1) is 13.2. The molecule has 4 nitrogen and oxygen atoms in total. The molecule has 0 aliphatic rings. The summed E-state index contributed by atoms with van der Waals surface area (Å²) in [6.45, 7) is 5.69. The first-order valence-corrected chi connectivity index (χ1v) is 5.26. The first-order chi connectivity index (χ1) is 8.25. The van der Waals surface area contributed by atoms with E-state index in [-0.39, 0.29) is 32.7 Å². The molecule has 87 valence electrons. The van der Waals surface area contributed by atoms with Crippen molar-refractivity contribution in [1.29, 1.82) is 0 Å². The topological polar surface area (TPSA) is 51.8 Å². The molecule has 3 aromatic rings. The molecule has 0 atom stereocenters. The van der Waals surface area contributed by atoms with Crippen molar-refractivity contribution >= 4 is 10.8 Å². The van der Waals surface area contributed by atoms with Crippen molar-refractivity contribution in [3.63, 3.8) is 0 Å². The van der Waals surface area contributed by atoms with Crippen LogP contribution < -0.4 is 0 Å². The van der Waals surface area contributed by atoms with Gasteiger partial charge in [0.05, 0.1) is 0 Å². The van der Waals surface area contributed by atoms with Gasteiger partial charge in [0.25, 0.3) is 0 Å². The summed E-state index contributed by atoms with van der Waals surface area (Å²) in [5, 5.41) is 5.98. The second kappa shape index (κ2) is 5.16. The zero-order chi connectivity index (χ0) is 11.8. The Labute approximate surface area is 130 Å². The van der Waals surface area contributed by atoms with Crippen molar-refractivity contribution in [3.05, 3.63) is 49.0 Å². The van der Waals surface area contributed by atoms with Crippen molar-refractivity contribution in [2.24, 2.45) is 0 Å². The summed E-state index contributed by atoms with van der Waals surface area (Å²) in [6.07, 6.45) is 1.74. The van der Waals surface area contributed by atoms with Crippen molar-refractivity contribution in [2.45, 2.75) is 6.92 Å². The third-order valence-electron chi connectivity index (χ3n) is 2.66. The second-order valence-electron chi connectivity index (χ2n) is 3.80. The maximum Gasteiger partial charge on any atom is 0.223 e. The van der Waals surface area contributed by atoms with Crippen LogP contribution in [0.1, 0.15) is 11.6 Å². The molecule has 1 aromatic carbocycles. The maximum atomic E-state index is 5.01. The molecule has 0 aliphatic heterocycles. The fraction of sp³-hybridized carbons (Fsp3) is 0.0769. The molecule has 2 heterocycles. The van der Waals surface area contributed by atoms with Crippen LogP contribution in [0.4, 0.5) is 0 Å². The maximum absolute atomic E-state index is 5.01. The summed E-state index contributed by atoms with van der Waals surface area (Å²) >= 11 is 0. The zero-order valence-corrected chi connectivity index (χ0v) is 12.8. The predicted octanol–water partition coefficient (Wildman–Crippen LogP) is 2.77. The third kappa shape index (κ3) is 2.18. The largest absolute Gasteiger partial charge is 0.339 e. The number of fused-ring (bicyclic) bond motifs is 1. The monoisotopic (exact) mass is 313 g/mol. The number of rotatable bonds is 1. The van der Waals surface area contributed by atoms with Gasteiger partial charge in [-0.05, 0) is 0 Å². The first-order valence-electron chi connectivity index (χ1n) is 5.26. The fourth-order valence-corrected chi connectivity index (χ4v) is 1.87. The van der Waals surface area contributed by atoms with E-state index < -0.39 is 0 Å². The predicted molar refractivity (Wildman–Crippen MR) is 64.2 cm³/mol. The van der Waals surface area contributed by atoms with E-state index in [9.17, 15) is 0 Å². The molecule has 0 amide bonds. The molecule has 0 saturated heterocycles. The smallest absolute Gasteiger partial charge is 0.223 e. The van der Waals surface area contributed by atoms with Crippen molar-refractivity contribution in [1.82, 2.24) is 15.1 Å². The van der Waals surface area contributed by atoms with Gasteiger partial charge in [-0.25, -0.2) is 6.92 Å². The van der Waals surface area contributed by atoms with Gasteiger partial charge in [-0.2, -0.15) is 4.98 Å². The number of benzene rings is 1. The van der Waals surface area contributed by atoms with E-state index >= 15 is 0 Å². The number of pyridine rings is 1. The van der Waals surface area contributed by atoms with Crippen LogP contribution in [0.3, 0.4) is 0 Å². The third-order valence-corrected chi connectivity index (χ3v) is 2.66. The normalized spacial score (nSPS) is 10.3. The molecule has 0 saturated carbocycles. The Morgan fingerprint density at radius 3 is 2.72 bits per heavy atom. The minimum Gasteiger partial charge on any atom is -0.339 e. The van der Waals surface area contributed by atoms with E-state index in [1.54, 1.807) is 13.1 Å². The van der Waals surface area contributed by atoms with E-state index in [1.807, 2.05) is 24.3 Å². The zero-order valence-electron chi connectivity index (χ0n) is 9.92. The number of hydrogen-bond acceptors (Lipinski definition) is 4. The SMILES string of the molecule is [CH2-]c1nccc2c(-c3noc(C)n3)cccc12.[Y]. The molecule has 0 N–H and O–H groups in total. The van der Waals surface area contributed by atoms with Gasteiger partial charge >= 0.3 is 0 Å². The summed E-state index contributed by atoms with van der Waals surface area (Å²) in [5.41, 5.74) is 1.69. The van der Waals surface area contributed by atoms with E-state index in [4.69, 9.17) is 4.52 Å². The van der Waals surface area contributed by atoms with E-state index in [0.717, 1.165) is 22.0 Å². The minimum atomic E-state index is 0. The quantitative estimate of drug-likeness (QED) is 0.648. The van der Waals surface area contributed by atoms with E-state index in [1.165, 1.54) is 0 Å². The molecule has 0 fully saturated rings. The molecule has 0 bridgehead atoms. The molecule has 18 heavy (non-hydrogen) atoms. The molecular formula is C13H10N3OY-. The molecule has 2 aromatic heterocycles. The average molecular weight is 313 g/mol. The van der Waals surface area contributed by atoms with Crippen LogP contribution in [0.5, 0.6) is 0 Å².